The van der Waals surface area contributed by atoms with Gasteiger partial charge in [0.05, 0.1) is 19.8 Å². The molecule has 1 atom stereocenters. The molecule has 1 aromatic carbocycles. The van der Waals surface area contributed by atoms with Crippen molar-refractivity contribution in [2.45, 2.75) is 19.4 Å². The zero-order valence-corrected chi connectivity index (χ0v) is 11.5. The van der Waals surface area contributed by atoms with E-state index in [9.17, 15) is 4.39 Å². The van der Waals surface area contributed by atoms with Gasteiger partial charge in [0, 0.05) is 31.7 Å². The van der Waals surface area contributed by atoms with E-state index in [4.69, 9.17) is 19.9 Å². The van der Waals surface area contributed by atoms with Crippen LogP contribution in [0.15, 0.2) is 18.2 Å². The van der Waals surface area contributed by atoms with Crippen molar-refractivity contribution in [3.8, 4) is 5.75 Å². The molecule has 2 N–H and O–H groups in total. The third-order valence-corrected chi connectivity index (χ3v) is 2.60. The van der Waals surface area contributed by atoms with E-state index in [1.807, 2.05) is 0 Å². The molecule has 0 aromatic heterocycles. The summed E-state index contributed by atoms with van der Waals surface area (Å²) in [4.78, 5) is 0. The molecular formula is C14H22FNO3. The first-order valence-electron chi connectivity index (χ1n) is 6.40. The third kappa shape index (κ3) is 5.55. The van der Waals surface area contributed by atoms with Crippen LogP contribution in [0.2, 0.25) is 0 Å². The molecule has 0 saturated carbocycles. The van der Waals surface area contributed by atoms with Crippen molar-refractivity contribution in [3.05, 3.63) is 29.6 Å². The molecule has 0 unspecified atom stereocenters. The minimum absolute atomic E-state index is 0.245. The van der Waals surface area contributed by atoms with Gasteiger partial charge >= 0.3 is 0 Å². The van der Waals surface area contributed by atoms with Crippen molar-refractivity contribution in [1.82, 2.24) is 0 Å². The molecule has 0 aliphatic rings. The second-order valence-electron chi connectivity index (χ2n) is 4.25. The lowest BCUT2D eigenvalue weighted by atomic mass is 10.1. The predicted molar refractivity (Wildman–Crippen MR) is 71.8 cm³/mol. The van der Waals surface area contributed by atoms with Gasteiger partial charge in [-0.2, -0.15) is 0 Å². The van der Waals surface area contributed by atoms with E-state index in [2.05, 4.69) is 0 Å². The first kappa shape index (κ1) is 15.9. The molecule has 0 amide bonds. The molecule has 4 nitrogen and oxygen atoms in total. The normalized spacial score (nSPS) is 12.4. The summed E-state index contributed by atoms with van der Waals surface area (Å²) in [6.45, 7) is 3.89. The summed E-state index contributed by atoms with van der Waals surface area (Å²) in [5.74, 6) is -0.135. The van der Waals surface area contributed by atoms with Crippen LogP contribution in [0.5, 0.6) is 5.75 Å². The molecule has 1 rings (SSSR count). The number of hydrogen-bond acceptors (Lipinski definition) is 4. The molecule has 5 heteroatoms. The van der Waals surface area contributed by atoms with E-state index in [0.717, 1.165) is 0 Å². The molecule has 108 valence electrons. The molecule has 19 heavy (non-hydrogen) atoms. The highest BCUT2D eigenvalue weighted by Gasteiger charge is 2.12. The monoisotopic (exact) mass is 271 g/mol. The van der Waals surface area contributed by atoms with E-state index in [-0.39, 0.29) is 17.6 Å². The first-order valence-corrected chi connectivity index (χ1v) is 6.40. The summed E-state index contributed by atoms with van der Waals surface area (Å²) in [5, 5.41) is 0. The first-order chi connectivity index (χ1) is 9.16. The summed E-state index contributed by atoms with van der Waals surface area (Å²) >= 11 is 0. The number of para-hydroxylation sites is 1. The average Bonchev–Trinajstić information content (AvgIpc) is 2.39. The van der Waals surface area contributed by atoms with Crippen molar-refractivity contribution in [2.75, 3.05) is 33.5 Å². The maximum Gasteiger partial charge on any atom is 0.165 e. The lowest BCUT2D eigenvalue weighted by molar-refractivity contribution is 0.0641. The highest BCUT2D eigenvalue weighted by Crippen LogP contribution is 2.26. The van der Waals surface area contributed by atoms with Crippen LogP contribution in [0.25, 0.3) is 0 Å². The van der Waals surface area contributed by atoms with E-state index >= 15 is 0 Å². The fraction of sp³-hybridized carbons (Fsp3) is 0.571. The SMILES string of the molecule is COCCOCCCOc1c(F)cccc1[C@@H](C)N. The van der Waals surface area contributed by atoms with E-state index in [1.165, 1.54) is 6.07 Å². The van der Waals surface area contributed by atoms with Crippen molar-refractivity contribution in [1.29, 1.82) is 0 Å². The van der Waals surface area contributed by atoms with Crippen LogP contribution in [0.1, 0.15) is 24.9 Å². The van der Waals surface area contributed by atoms with Gasteiger partial charge in [0.25, 0.3) is 0 Å². The number of ether oxygens (including phenoxy) is 3. The summed E-state index contributed by atoms with van der Waals surface area (Å²) in [6, 6.07) is 4.52. The topological polar surface area (TPSA) is 53.7 Å². The zero-order chi connectivity index (χ0) is 14.1. The van der Waals surface area contributed by atoms with Gasteiger partial charge in [-0.25, -0.2) is 4.39 Å². The molecule has 0 aliphatic carbocycles. The Bertz CT molecular complexity index is 372. The van der Waals surface area contributed by atoms with Crippen LogP contribution < -0.4 is 10.5 Å². The number of benzene rings is 1. The summed E-state index contributed by atoms with van der Waals surface area (Å²) in [5.41, 5.74) is 6.46. The Labute approximate surface area is 113 Å². The predicted octanol–water partition coefficient (Wildman–Crippen LogP) is 2.28. The van der Waals surface area contributed by atoms with Gasteiger partial charge in [0.1, 0.15) is 0 Å². The minimum Gasteiger partial charge on any atom is -0.490 e. The fourth-order valence-corrected chi connectivity index (χ4v) is 1.62. The molecule has 0 bridgehead atoms. The van der Waals surface area contributed by atoms with Gasteiger partial charge < -0.3 is 19.9 Å². The van der Waals surface area contributed by atoms with Crippen LogP contribution in [0.3, 0.4) is 0 Å². The van der Waals surface area contributed by atoms with Crippen molar-refractivity contribution in [2.24, 2.45) is 5.73 Å². The molecule has 1 aromatic rings. The van der Waals surface area contributed by atoms with Crippen LogP contribution in [-0.4, -0.2) is 33.5 Å². The molecule has 0 radical (unpaired) electrons. The highest BCUT2D eigenvalue weighted by molar-refractivity contribution is 5.36. The third-order valence-electron chi connectivity index (χ3n) is 2.60. The van der Waals surface area contributed by atoms with Crippen molar-refractivity contribution in [3.63, 3.8) is 0 Å². The maximum absolute atomic E-state index is 13.7. The second kappa shape index (κ2) is 8.85. The molecule has 0 saturated heterocycles. The zero-order valence-electron chi connectivity index (χ0n) is 11.5. The lowest BCUT2D eigenvalue weighted by Gasteiger charge is -2.14. The van der Waals surface area contributed by atoms with E-state index in [0.29, 0.717) is 38.4 Å². The number of hydrogen-bond donors (Lipinski definition) is 1. The Hall–Kier alpha value is -1.17. The van der Waals surface area contributed by atoms with E-state index < -0.39 is 0 Å². The van der Waals surface area contributed by atoms with Gasteiger partial charge in [-0.15, -0.1) is 0 Å². The number of rotatable bonds is 9. The highest BCUT2D eigenvalue weighted by atomic mass is 19.1. The van der Waals surface area contributed by atoms with Crippen LogP contribution in [0, 0.1) is 5.82 Å². The van der Waals surface area contributed by atoms with Gasteiger partial charge in [0.2, 0.25) is 0 Å². The van der Waals surface area contributed by atoms with Crippen LogP contribution in [0.4, 0.5) is 4.39 Å². The lowest BCUT2D eigenvalue weighted by Crippen LogP contribution is -2.11. The van der Waals surface area contributed by atoms with E-state index in [1.54, 1.807) is 26.2 Å². The molecule has 0 heterocycles. The standard InChI is InChI=1S/C14H22FNO3/c1-11(16)12-5-3-6-13(15)14(12)19-8-4-7-18-10-9-17-2/h3,5-6,11H,4,7-10,16H2,1-2H3/t11-/m1/s1. The minimum atomic E-state index is -0.380. The Kier molecular flexibility index (Phi) is 7.40. The number of methoxy groups -OCH3 is 1. The van der Waals surface area contributed by atoms with Gasteiger partial charge in [-0.1, -0.05) is 12.1 Å². The Morgan fingerprint density at radius 3 is 2.68 bits per heavy atom. The fourth-order valence-electron chi connectivity index (χ4n) is 1.62. The largest absolute Gasteiger partial charge is 0.490 e. The summed E-state index contributed by atoms with van der Waals surface area (Å²) < 4.78 is 29.3. The maximum atomic E-state index is 13.7. The molecular weight excluding hydrogens is 249 g/mol. The second-order valence-corrected chi connectivity index (χ2v) is 4.25. The molecule has 0 spiro atoms. The number of halogens is 1. The van der Waals surface area contributed by atoms with Crippen LogP contribution in [-0.2, 0) is 9.47 Å². The Morgan fingerprint density at radius 2 is 2.00 bits per heavy atom. The average molecular weight is 271 g/mol. The Morgan fingerprint density at radius 1 is 1.21 bits per heavy atom. The van der Waals surface area contributed by atoms with Crippen molar-refractivity contribution < 1.29 is 18.6 Å². The molecule has 0 aliphatic heterocycles. The number of nitrogens with two attached hydrogens (primary N) is 1. The summed E-state index contributed by atoms with van der Waals surface area (Å²) in [6.07, 6.45) is 0.691. The smallest absolute Gasteiger partial charge is 0.165 e. The van der Waals surface area contributed by atoms with Gasteiger partial charge in [-0.3, -0.25) is 0 Å². The Balaban J connectivity index is 2.36. The summed E-state index contributed by atoms with van der Waals surface area (Å²) in [7, 11) is 1.63. The van der Waals surface area contributed by atoms with Gasteiger partial charge in [0.15, 0.2) is 11.6 Å². The van der Waals surface area contributed by atoms with Gasteiger partial charge in [-0.05, 0) is 13.0 Å². The molecule has 0 fully saturated rings. The van der Waals surface area contributed by atoms with Crippen molar-refractivity contribution >= 4 is 0 Å². The van der Waals surface area contributed by atoms with Crippen LogP contribution >= 0.6 is 0 Å². The quantitative estimate of drug-likeness (QED) is 0.700.